The monoisotopic (exact) mass is 218 g/mol. The molecule has 0 aliphatic carbocycles. The summed E-state index contributed by atoms with van der Waals surface area (Å²) in [7, 11) is 0. The predicted molar refractivity (Wildman–Crippen MR) is 69.8 cm³/mol. The first-order chi connectivity index (χ1) is 7.51. The molecule has 0 amide bonds. The molecule has 0 bridgehead atoms. The van der Waals surface area contributed by atoms with Crippen molar-refractivity contribution in [3.8, 4) is 0 Å². The molecule has 0 radical (unpaired) electrons. The van der Waals surface area contributed by atoms with Crippen LogP contribution in [0.2, 0.25) is 0 Å². The fraction of sp³-hybridized carbons (Fsp3) is 0.571. The number of hydrogen-bond donors (Lipinski definition) is 1. The van der Waals surface area contributed by atoms with Crippen LogP contribution in [0.25, 0.3) is 0 Å². The van der Waals surface area contributed by atoms with Crippen LogP contribution in [0.3, 0.4) is 0 Å². The second-order valence-corrected chi connectivity index (χ2v) is 5.39. The zero-order valence-electron chi connectivity index (χ0n) is 10.5. The Hall–Kier alpha value is -1.02. The van der Waals surface area contributed by atoms with Gasteiger partial charge in [-0.3, -0.25) is 0 Å². The number of nitrogens with zero attached hydrogens (tertiary/aromatic N) is 1. The number of benzene rings is 1. The molecule has 2 nitrogen and oxygen atoms in total. The summed E-state index contributed by atoms with van der Waals surface area (Å²) >= 11 is 0. The Morgan fingerprint density at radius 3 is 2.81 bits per heavy atom. The third kappa shape index (κ3) is 1.94. The summed E-state index contributed by atoms with van der Waals surface area (Å²) in [6, 6.07) is 8.97. The molecule has 1 saturated heterocycles. The van der Waals surface area contributed by atoms with Gasteiger partial charge in [-0.1, -0.05) is 12.1 Å². The van der Waals surface area contributed by atoms with Gasteiger partial charge in [-0.2, -0.15) is 0 Å². The summed E-state index contributed by atoms with van der Waals surface area (Å²) in [6.45, 7) is 7.75. The summed E-state index contributed by atoms with van der Waals surface area (Å²) < 4.78 is 0. The van der Waals surface area contributed by atoms with Crippen molar-refractivity contribution in [3.05, 3.63) is 29.8 Å². The van der Waals surface area contributed by atoms with Crippen molar-refractivity contribution in [3.63, 3.8) is 0 Å². The average molecular weight is 218 g/mol. The van der Waals surface area contributed by atoms with Crippen molar-refractivity contribution < 1.29 is 0 Å². The number of rotatable bonds is 1. The standard InChI is InChI=1S/C14H22N2/c1-11-6-4-7-12(10-11)16-9-5-8-13(15)14(16,2)3/h4,6-7,10,13H,5,8-9,15H2,1-3H3. The van der Waals surface area contributed by atoms with Crippen LogP contribution in [0.1, 0.15) is 32.3 Å². The van der Waals surface area contributed by atoms with E-state index in [4.69, 9.17) is 5.73 Å². The Morgan fingerprint density at radius 1 is 1.38 bits per heavy atom. The minimum Gasteiger partial charge on any atom is -0.365 e. The molecular weight excluding hydrogens is 196 g/mol. The van der Waals surface area contributed by atoms with E-state index in [-0.39, 0.29) is 11.6 Å². The van der Waals surface area contributed by atoms with Gasteiger partial charge in [0.15, 0.2) is 0 Å². The summed E-state index contributed by atoms with van der Waals surface area (Å²) in [6.07, 6.45) is 2.33. The number of anilines is 1. The van der Waals surface area contributed by atoms with Gasteiger partial charge in [0, 0.05) is 23.8 Å². The van der Waals surface area contributed by atoms with E-state index in [0.29, 0.717) is 0 Å². The molecule has 2 N–H and O–H groups in total. The molecule has 88 valence electrons. The number of nitrogens with two attached hydrogens (primary N) is 1. The highest BCUT2D eigenvalue weighted by molar-refractivity contribution is 5.51. The Morgan fingerprint density at radius 2 is 2.12 bits per heavy atom. The quantitative estimate of drug-likeness (QED) is 0.785. The maximum Gasteiger partial charge on any atom is 0.0496 e. The Labute approximate surface area is 98.4 Å². The van der Waals surface area contributed by atoms with Crippen molar-refractivity contribution in [2.45, 2.75) is 45.2 Å². The van der Waals surface area contributed by atoms with Gasteiger partial charge in [-0.15, -0.1) is 0 Å². The van der Waals surface area contributed by atoms with Gasteiger partial charge in [-0.05, 0) is 51.3 Å². The van der Waals surface area contributed by atoms with Gasteiger partial charge in [0.2, 0.25) is 0 Å². The molecule has 1 unspecified atom stereocenters. The second-order valence-electron chi connectivity index (χ2n) is 5.39. The van der Waals surface area contributed by atoms with E-state index >= 15 is 0 Å². The van der Waals surface area contributed by atoms with Gasteiger partial charge in [0.05, 0.1) is 0 Å². The smallest absolute Gasteiger partial charge is 0.0496 e. The largest absolute Gasteiger partial charge is 0.365 e. The maximum absolute atomic E-state index is 6.24. The van der Waals surface area contributed by atoms with Gasteiger partial charge in [-0.25, -0.2) is 0 Å². The lowest BCUT2D eigenvalue weighted by molar-refractivity contribution is 0.310. The average Bonchev–Trinajstić information content (AvgIpc) is 2.22. The van der Waals surface area contributed by atoms with E-state index in [9.17, 15) is 0 Å². The first-order valence-corrected chi connectivity index (χ1v) is 6.12. The molecule has 1 atom stereocenters. The minimum absolute atomic E-state index is 0.0616. The van der Waals surface area contributed by atoms with Gasteiger partial charge >= 0.3 is 0 Å². The lowest BCUT2D eigenvalue weighted by Gasteiger charge is -2.48. The summed E-state index contributed by atoms with van der Waals surface area (Å²) in [4.78, 5) is 2.45. The first kappa shape index (κ1) is 11.5. The molecule has 2 rings (SSSR count). The molecule has 0 saturated carbocycles. The molecule has 1 aromatic carbocycles. The highest BCUT2D eigenvalue weighted by Crippen LogP contribution is 2.32. The summed E-state index contributed by atoms with van der Waals surface area (Å²) in [5.74, 6) is 0. The second kappa shape index (κ2) is 4.10. The van der Waals surface area contributed by atoms with Crippen LogP contribution in [-0.2, 0) is 0 Å². The number of aryl methyl sites for hydroxylation is 1. The number of hydrogen-bond acceptors (Lipinski definition) is 2. The van der Waals surface area contributed by atoms with Crippen LogP contribution in [0, 0.1) is 6.92 Å². The van der Waals surface area contributed by atoms with E-state index in [0.717, 1.165) is 13.0 Å². The fourth-order valence-electron chi connectivity index (χ4n) is 2.57. The Balaban J connectivity index is 2.32. The molecule has 1 heterocycles. The van der Waals surface area contributed by atoms with Crippen LogP contribution in [-0.4, -0.2) is 18.1 Å². The van der Waals surface area contributed by atoms with E-state index < -0.39 is 0 Å². The Kier molecular flexibility index (Phi) is 2.94. The van der Waals surface area contributed by atoms with Crippen LogP contribution < -0.4 is 10.6 Å². The molecule has 0 spiro atoms. The van der Waals surface area contributed by atoms with Crippen molar-refractivity contribution in [2.24, 2.45) is 5.73 Å². The van der Waals surface area contributed by atoms with Crippen molar-refractivity contribution in [2.75, 3.05) is 11.4 Å². The Bertz CT molecular complexity index is 371. The van der Waals surface area contributed by atoms with Crippen LogP contribution in [0.4, 0.5) is 5.69 Å². The van der Waals surface area contributed by atoms with Crippen molar-refractivity contribution >= 4 is 5.69 Å². The number of piperidine rings is 1. The van der Waals surface area contributed by atoms with E-state index in [2.05, 4.69) is 49.9 Å². The minimum atomic E-state index is 0.0616. The fourth-order valence-corrected chi connectivity index (χ4v) is 2.57. The molecule has 0 aromatic heterocycles. The molecule has 2 heteroatoms. The molecule has 1 aromatic rings. The predicted octanol–water partition coefficient (Wildman–Crippen LogP) is 2.70. The lowest BCUT2D eigenvalue weighted by atomic mass is 9.85. The molecule has 1 aliphatic rings. The van der Waals surface area contributed by atoms with Crippen molar-refractivity contribution in [1.29, 1.82) is 0 Å². The van der Waals surface area contributed by atoms with E-state index in [1.165, 1.54) is 17.7 Å². The third-order valence-corrected chi connectivity index (χ3v) is 3.81. The van der Waals surface area contributed by atoms with Crippen molar-refractivity contribution in [1.82, 2.24) is 0 Å². The summed E-state index contributed by atoms with van der Waals surface area (Å²) in [5, 5.41) is 0. The highest BCUT2D eigenvalue weighted by Gasteiger charge is 2.36. The topological polar surface area (TPSA) is 29.3 Å². The van der Waals surface area contributed by atoms with E-state index in [1.807, 2.05) is 0 Å². The molecular formula is C14H22N2. The van der Waals surface area contributed by atoms with Gasteiger partial charge in [0.25, 0.3) is 0 Å². The van der Waals surface area contributed by atoms with Crippen LogP contribution in [0.5, 0.6) is 0 Å². The van der Waals surface area contributed by atoms with Crippen LogP contribution in [0.15, 0.2) is 24.3 Å². The summed E-state index contributed by atoms with van der Waals surface area (Å²) in [5.41, 5.74) is 8.92. The van der Waals surface area contributed by atoms with Crippen LogP contribution >= 0.6 is 0 Å². The normalized spacial score (nSPS) is 24.5. The molecule has 16 heavy (non-hydrogen) atoms. The van der Waals surface area contributed by atoms with Gasteiger partial charge < -0.3 is 10.6 Å². The van der Waals surface area contributed by atoms with Gasteiger partial charge in [0.1, 0.15) is 0 Å². The third-order valence-electron chi connectivity index (χ3n) is 3.81. The lowest BCUT2D eigenvalue weighted by Crippen LogP contribution is -2.59. The zero-order chi connectivity index (χ0) is 11.8. The molecule has 1 fully saturated rings. The highest BCUT2D eigenvalue weighted by atomic mass is 15.2. The first-order valence-electron chi connectivity index (χ1n) is 6.12. The molecule has 1 aliphatic heterocycles. The maximum atomic E-state index is 6.24. The van der Waals surface area contributed by atoms with E-state index in [1.54, 1.807) is 0 Å². The zero-order valence-corrected chi connectivity index (χ0v) is 10.5. The SMILES string of the molecule is Cc1cccc(N2CCCC(N)C2(C)C)c1.